The zero-order valence-electron chi connectivity index (χ0n) is 10.4. The van der Waals surface area contributed by atoms with Crippen molar-refractivity contribution in [3.63, 3.8) is 0 Å². The summed E-state index contributed by atoms with van der Waals surface area (Å²) < 4.78 is 0. The predicted octanol–water partition coefficient (Wildman–Crippen LogP) is 2.36. The average molecular weight is 225 g/mol. The zero-order valence-corrected chi connectivity index (χ0v) is 10.4. The molecule has 92 valence electrons. The van der Waals surface area contributed by atoms with Gasteiger partial charge in [0.1, 0.15) is 0 Å². The third-order valence-corrected chi connectivity index (χ3v) is 4.37. The number of hydrogen-bond donors (Lipinski definition) is 1. The van der Waals surface area contributed by atoms with Crippen LogP contribution >= 0.6 is 0 Å². The molecule has 16 heavy (non-hydrogen) atoms. The molecule has 3 heteroatoms. The quantitative estimate of drug-likeness (QED) is 0.798. The van der Waals surface area contributed by atoms with Crippen molar-refractivity contribution < 1.29 is 9.90 Å². The molecule has 3 unspecified atom stereocenters. The highest BCUT2D eigenvalue weighted by Gasteiger charge is 2.37. The lowest BCUT2D eigenvalue weighted by Gasteiger charge is -2.38. The molecule has 0 radical (unpaired) electrons. The Kier molecular flexibility index (Phi) is 3.53. The Morgan fingerprint density at radius 1 is 1.12 bits per heavy atom. The van der Waals surface area contributed by atoms with Crippen molar-refractivity contribution in [3.05, 3.63) is 0 Å². The van der Waals surface area contributed by atoms with Gasteiger partial charge in [-0.05, 0) is 43.9 Å². The van der Waals surface area contributed by atoms with Gasteiger partial charge in [-0.1, -0.05) is 13.8 Å². The van der Waals surface area contributed by atoms with Gasteiger partial charge < -0.3 is 5.11 Å². The maximum Gasteiger partial charge on any atom is 0.317 e. The second-order valence-electron chi connectivity index (χ2n) is 5.72. The summed E-state index contributed by atoms with van der Waals surface area (Å²) in [7, 11) is 0. The Balaban J connectivity index is 1.94. The molecule has 2 rings (SSSR count). The Hall–Kier alpha value is -0.570. The molecule has 2 saturated carbocycles. The van der Waals surface area contributed by atoms with E-state index in [-0.39, 0.29) is 6.54 Å². The highest BCUT2D eigenvalue weighted by molar-refractivity contribution is 5.69. The van der Waals surface area contributed by atoms with Gasteiger partial charge in [-0.15, -0.1) is 0 Å². The first-order chi connectivity index (χ1) is 7.58. The minimum absolute atomic E-state index is 0.246. The van der Waals surface area contributed by atoms with Crippen molar-refractivity contribution in [2.45, 2.75) is 58.0 Å². The molecule has 0 heterocycles. The van der Waals surface area contributed by atoms with Gasteiger partial charge in [-0.3, -0.25) is 9.69 Å². The van der Waals surface area contributed by atoms with Crippen LogP contribution < -0.4 is 0 Å². The molecule has 0 aromatic carbocycles. The van der Waals surface area contributed by atoms with Gasteiger partial charge >= 0.3 is 5.97 Å². The number of hydrogen-bond acceptors (Lipinski definition) is 2. The number of nitrogens with zero attached hydrogens (tertiary/aromatic N) is 1. The molecule has 2 aliphatic carbocycles. The van der Waals surface area contributed by atoms with E-state index < -0.39 is 5.97 Å². The molecule has 2 fully saturated rings. The monoisotopic (exact) mass is 225 g/mol. The Morgan fingerprint density at radius 2 is 1.75 bits per heavy atom. The van der Waals surface area contributed by atoms with Gasteiger partial charge in [0.05, 0.1) is 6.54 Å². The SMILES string of the molecule is CC1CCC(N(CC(=O)O)C2CC2)CC1C. The molecule has 0 aromatic rings. The van der Waals surface area contributed by atoms with Crippen molar-refractivity contribution >= 4 is 5.97 Å². The van der Waals surface area contributed by atoms with E-state index in [2.05, 4.69) is 18.7 Å². The van der Waals surface area contributed by atoms with Gasteiger partial charge in [0, 0.05) is 12.1 Å². The fourth-order valence-electron chi connectivity index (χ4n) is 2.94. The largest absolute Gasteiger partial charge is 0.480 e. The highest BCUT2D eigenvalue weighted by atomic mass is 16.4. The molecule has 0 aromatic heterocycles. The molecule has 0 amide bonds. The molecule has 0 saturated heterocycles. The Morgan fingerprint density at radius 3 is 2.25 bits per heavy atom. The number of carboxylic acids is 1. The first-order valence-electron chi connectivity index (χ1n) is 6.55. The van der Waals surface area contributed by atoms with E-state index >= 15 is 0 Å². The van der Waals surface area contributed by atoms with Crippen molar-refractivity contribution in [1.29, 1.82) is 0 Å². The summed E-state index contributed by atoms with van der Waals surface area (Å²) in [5.74, 6) is 0.883. The van der Waals surface area contributed by atoms with E-state index in [1.165, 1.54) is 32.1 Å². The van der Waals surface area contributed by atoms with E-state index in [1.54, 1.807) is 0 Å². The van der Waals surface area contributed by atoms with Crippen LogP contribution in [0.15, 0.2) is 0 Å². The lowest BCUT2D eigenvalue weighted by molar-refractivity contribution is -0.139. The summed E-state index contributed by atoms with van der Waals surface area (Å²) >= 11 is 0. The molecular formula is C13H23NO2. The van der Waals surface area contributed by atoms with Crippen LogP contribution in [-0.4, -0.2) is 34.6 Å². The molecule has 3 atom stereocenters. The normalized spacial score (nSPS) is 35.3. The van der Waals surface area contributed by atoms with E-state index in [1.807, 2.05) is 0 Å². The van der Waals surface area contributed by atoms with Crippen LogP contribution in [0.3, 0.4) is 0 Å². The van der Waals surface area contributed by atoms with Gasteiger partial charge in [0.15, 0.2) is 0 Å². The van der Waals surface area contributed by atoms with Crippen LogP contribution in [0.2, 0.25) is 0 Å². The Bertz CT molecular complexity index is 263. The van der Waals surface area contributed by atoms with E-state index in [0.29, 0.717) is 12.1 Å². The zero-order chi connectivity index (χ0) is 11.7. The molecule has 0 spiro atoms. The van der Waals surface area contributed by atoms with Crippen LogP contribution in [-0.2, 0) is 4.79 Å². The van der Waals surface area contributed by atoms with Gasteiger partial charge in [-0.25, -0.2) is 0 Å². The molecule has 3 nitrogen and oxygen atoms in total. The van der Waals surface area contributed by atoms with Crippen molar-refractivity contribution in [2.75, 3.05) is 6.54 Å². The van der Waals surface area contributed by atoms with Crippen molar-refractivity contribution in [2.24, 2.45) is 11.8 Å². The molecule has 0 bridgehead atoms. The first-order valence-corrected chi connectivity index (χ1v) is 6.55. The fraction of sp³-hybridized carbons (Fsp3) is 0.923. The maximum atomic E-state index is 10.9. The Labute approximate surface area is 97.8 Å². The van der Waals surface area contributed by atoms with Crippen LogP contribution in [0, 0.1) is 11.8 Å². The van der Waals surface area contributed by atoms with Crippen LogP contribution in [0.4, 0.5) is 0 Å². The predicted molar refractivity (Wildman–Crippen MR) is 63.3 cm³/mol. The standard InChI is InChI=1S/C13H23NO2/c1-9-3-4-12(7-10(9)2)14(8-13(15)16)11-5-6-11/h9-12H,3-8H2,1-2H3,(H,15,16). The first kappa shape index (κ1) is 11.9. The summed E-state index contributed by atoms with van der Waals surface area (Å²) in [6.45, 7) is 4.87. The van der Waals surface area contributed by atoms with Gasteiger partial charge in [0.2, 0.25) is 0 Å². The topological polar surface area (TPSA) is 40.5 Å². The number of carboxylic acid groups (broad SMARTS) is 1. The number of carbonyl (C=O) groups is 1. The molecule has 0 aliphatic heterocycles. The van der Waals surface area contributed by atoms with Gasteiger partial charge in [0.25, 0.3) is 0 Å². The number of rotatable bonds is 4. The maximum absolute atomic E-state index is 10.9. The van der Waals surface area contributed by atoms with Gasteiger partial charge in [-0.2, -0.15) is 0 Å². The summed E-state index contributed by atoms with van der Waals surface area (Å²) in [6, 6.07) is 1.09. The van der Waals surface area contributed by atoms with Crippen LogP contribution in [0.5, 0.6) is 0 Å². The van der Waals surface area contributed by atoms with Crippen molar-refractivity contribution in [1.82, 2.24) is 4.90 Å². The third-order valence-electron chi connectivity index (χ3n) is 4.37. The lowest BCUT2D eigenvalue weighted by Crippen LogP contribution is -2.44. The summed E-state index contributed by atoms with van der Waals surface area (Å²) in [6.07, 6.45) is 6.04. The van der Waals surface area contributed by atoms with Crippen LogP contribution in [0.25, 0.3) is 0 Å². The third kappa shape index (κ3) is 2.76. The summed E-state index contributed by atoms with van der Waals surface area (Å²) in [5.41, 5.74) is 0. The summed E-state index contributed by atoms with van der Waals surface area (Å²) in [4.78, 5) is 13.1. The fourth-order valence-corrected chi connectivity index (χ4v) is 2.94. The van der Waals surface area contributed by atoms with E-state index in [4.69, 9.17) is 5.11 Å². The second-order valence-corrected chi connectivity index (χ2v) is 5.72. The highest BCUT2D eigenvalue weighted by Crippen LogP contribution is 2.37. The lowest BCUT2D eigenvalue weighted by atomic mass is 9.78. The second kappa shape index (κ2) is 4.74. The summed E-state index contributed by atoms with van der Waals surface area (Å²) in [5, 5.41) is 8.97. The molecule has 1 N–H and O–H groups in total. The number of aliphatic carboxylic acids is 1. The van der Waals surface area contributed by atoms with Crippen LogP contribution in [0.1, 0.15) is 46.0 Å². The minimum Gasteiger partial charge on any atom is -0.480 e. The van der Waals surface area contributed by atoms with E-state index in [9.17, 15) is 4.79 Å². The minimum atomic E-state index is -0.668. The van der Waals surface area contributed by atoms with E-state index in [0.717, 1.165) is 11.8 Å². The van der Waals surface area contributed by atoms with Crippen molar-refractivity contribution in [3.8, 4) is 0 Å². The smallest absolute Gasteiger partial charge is 0.317 e. The molecule has 2 aliphatic rings. The average Bonchev–Trinajstić information content (AvgIpc) is 3.02. The molecular weight excluding hydrogens is 202 g/mol.